The average Bonchev–Trinajstić information content (AvgIpc) is 2.28. The third kappa shape index (κ3) is 3.40. The molecule has 0 aliphatic rings. The minimum Gasteiger partial charge on any atom is -0.353 e. The maximum Gasteiger partial charge on any atom is 0.311 e. The Kier molecular flexibility index (Phi) is 4.24. The van der Waals surface area contributed by atoms with Gasteiger partial charge in [0.2, 0.25) is 5.82 Å². The minimum absolute atomic E-state index is 0.0240. The van der Waals surface area contributed by atoms with Crippen LogP contribution in [0.1, 0.15) is 19.5 Å². The van der Waals surface area contributed by atoms with Gasteiger partial charge in [-0.05, 0) is 24.9 Å². The lowest BCUT2D eigenvalue weighted by molar-refractivity contribution is -0.384. The fraction of sp³-hybridized carbons (Fsp3) is 0.583. The molecule has 0 bridgehead atoms. The van der Waals surface area contributed by atoms with Gasteiger partial charge < -0.3 is 10.6 Å². The Morgan fingerprint density at radius 3 is 2.61 bits per heavy atom. The van der Waals surface area contributed by atoms with Crippen LogP contribution in [0.3, 0.4) is 0 Å². The van der Waals surface area contributed by atoms with Crippen LogP contribution in [0.4, 0.5) is 11.5 Å². The van der Waals surface area contributed by atoms with E-state index in [0.717, 1.165) is 5.69 Å². The van der Waals surface area contributed by atoms with E-state index in [0.29, 0.717) is 18.9 Å². The fourth-order valence-electron chi connectivity index (χ4n) is 1.74. The second kappa shape index (κ2) is 5.30. The highest BCUT2D eigenvalue weighted by Gasteiger charge is 2.24. The summed E-state index contributed by atoms with van der Waals surface area (Å²) in [5.74, 6) is 0.390. The quantitative estimate of drug-likeness (QED) is 0.637. The molecule has 100 valence electrons. The predicted octanol–water partition coefficient (Wildman–Crippen LogP) is 1.72. The molecule has 18 heavy (non-hydrogen) atoms. The molecule has 0 unspecified atom stereocenters. The summed E-state index contributed by atoms with van der Waals surface area (Å²) in [7, 11) is 1.80. The van der Waals surface area contributed by atoms with E-state index >= 15 is 0 Å². The van der Waals surface area contributed by atoms with Gasteiger partial charge >= 0.3 is 5.69 Å². The first-order valence-corrected chi connectivity index (χ1v) is 5.80. The lowest BCUT2D eigenvalue weighted by Crippen LogP contribution is -2.37. The van der Waals surface area contributed by atoms with Gasteiger partial charge in [-0.2, -0.15) is 0 Å². The normalized spacial score (nSPS) is 11.4. The smallest absolute Gasteiger partial charge is 0.311 e. The number of nitrogens with two attached hydrogens (primary N) is 1. The van der Waals surface area contributed by atoms with Crippen molar-refractivity contribution in [1.29, 1.82) is 0 Å². The molecule has 2 N–H and O–H groups in total. The van der Waals surface area contributed by atoms with E-state index in [4.69, 9.17) is 5.73 Å². The van der Waals surface area contributed by atoms with Crippen LogP contribution in [-0.2, 0) is 0 Å². The fourth-order valence-corrected chi connectivity index (χ4v) is 1.74. The zero-order valence-corrected chi connectivity index (χ0v) is 11.3. The van der Waals surface area contributed by atoms with Crippen LogP contribution in [0.2, 0.25) is 0 Å². The van der Waals surface area contributed by atoms with Gasteiger partial charge in [-0.25, -0.2) is 4.98 Å². The van der Waals surface area contributed by atoms with E-state index in [1.807, 2.05) is 20.8 Å². The molecule has 0 amide bonds. The largest absolute Gasteiger partial charge is 0.353 e. The number of pyridine rings is 1. The molecule has 1 heterocycles. The van der Waals surface area contributed by atoms with E-state index in [2.05, 4.69) is 4.98 Å². The lowest BCUT2D eigenvalue weighted by Gasteiger charge is -2.29. The van der Waals surface area contributed by atoms with Crippen LogP contribution >= 0.6 is 0 Å². The summed E-state index contributed by atoms with van der Waals surface area (Å²) in [4.78, 5) is 16.6. The van der Waals surface area contributed by atoms with Crippen LogP contribution < -0.4 is 10.6 Å². The molecule has 6 nitrogen and oxygen atoms in total. The summed E-state index contributed by atoms with van der Waals surface area (Å²) in [6.45, 7) is 6.98. The van der Waals surface area contributed by atoms with Gasteiger partial charge in [0.1, 0.15) is 0 Å². The number of aryl methyl sites for hydroxylation is 1. The third-order valence-corrected chi connectivity index (χ3v) is 2.77. The second-order valence-corrected chi connectivity index (χ2v) is 5.28. The van der Waals surface area contributed by atoms with Crippen molar-refractivity contribution in [1.82, 2.24) is 4.98 Å². The van der Waals surface area contributed by atoms with E-state index in [9.17, 15) is 10.1 Å². The molecule has 0 radical (unpaired) electrons. The van der Waals surface area contributed by atoms with E-state index < -0.39 is 4.92 Å². The molecule has 6 heteroatoms. The van der Waals surface area contributed by atoms with Crippen molar-refractivity contribution in [3.05, 3.63) is 27.9 Å². The third-order valence-electron chi connectivity index (χ3n) is 2.77. The number of nitrogens with zero attached hydrogens (tertiary/aromatic N) is 3. The van der Waals surface area contributed by atoms with Gasteiger partial charge in [0.25, 0.3) is 0 Å². The molecule has 0 aromatic carbocycles. The van der Waals surface area contributed by atoms with Crippen LogP contribution in [0, 0.1) is 22.5 Å². The lowest BCUT2D eigenvalue weighted by atomic mass is 9.93. The second-order valence-electron chi connectivity index (χ2n) is 5.28. The monoisotopic (exact) mass is 252 g/mol. The van der Waals surface area contributed by atoms with E-state index in [-0.39, 0.29) is 11.1 Å². The number of hydrogen-bond donors (Lipinski definition) is 1. The van der Waals surface area contributed by atoms with Gasteiger partial charge in [0, 0.05) is 25.4 Å². The van der Waals surface area contributed by atoms with Crippen molar-refractivity contribution in [2.24, 2.45) is 11.1 Å². The first-order chi connectivity index (χ1) is 8.26. The SMILES string of the molecule is Cc1ccc([N+](=O)[O-])c(N(C)CC(C)(C)CN)n1. The molecule has 0 saturated carbocycles. The van der Waals surface area contributed by atoms with Gasteiger partial charge in [-0.3, -0.25) is 10.1 Å². The minimum atomic E-state index is -0.409. The molecular weight excluding hydrogens is 232 g/mol. The van der Waals surface area contributed by atoms with Gasteiger partial charge in [0.05, 0.1) is 4.92 Å². The highest BCUT2D eigenvalue weighted by molar-refractivity contribution is 5.57. The Morgan fingerprint density at radius 2 is 2.11 bits per heavy atom. The van der Waals surface area contributed by atoms with Crippen LogP contribution in [-0.4, -0.2) is 30.0 Å². The molecule has 0 spiro atoms. The topological polar surface area (TPSA) is 85.3 Å². The summed E-state index contributed by atoms with van der Waals surface area (Å²) in [5, 5.41) is 11.0. The maximum atomic E-state index is 11.0. The van der Waals surface area contributed by atoms with Gasteiger partial charge in [-0.1, -0.05) is 13.8 Å². The molecule has 0 saturated heterocycles. The number of aromatic nitrogens is 1. The molecule has 0 atom stereocenters. The molecule has 1 aromatic heterocycles. The van der Waals surface area contributed by atoms with Gasteiger partial charge in [0.15, 0.2) is 0 Å². The predicted molar refractivity (Wildman–Crippen MR) is 71.7 cm³/mol. The number of anilines is 1. The Labute approximate surface area is 107 Å². The van der Waals surface area contributed by atoms with E-state index in [1.165, 1.54) is 6.07 Å². The summed E-state index contributed by atoms with van der Waals surface area (Å²) < 4.78 is 0. The first-order valence-electron chi connectivity index (χ1n) is 5.80. The first kappa shape index (κ1) is 14.4. The van der Waals surface area contributed by atoms with Crippen molar-refractivity contribution in [2.75, 3.05) is 25.0 Å². The maximum absolute atomic E-state index is 11.0. The summed E-state index contributed by atoms with van der Waals surface area (Å²) >= 11 is 0. The zero-order valence-electron chi connectivity index (χ0n) is 11.3. The summed E-state index contributed by atoms with van der Waals surface area (Å²) in [5.41, 5.74) is 6.34. The van der Waals surface area contributed by atoms with Gasteiger partial charge in [-0.15, -0.1) is 0 Å². The van der Waals surface area contributed by atoms with Crippen LogP contribution in [0.25, 0.3) is 0 Å². The van der Waals surface area contributed by atoms with Crippen molar-refractivity contribution < 1.29 is 4.92 Å². The van der Waals surface area contributed by atoms with E-state index in [1.54, 1.807) is 18.0 Å². The number of nitro groups is 1. The molecule has 0 fully saturated rings. The summed E-state index contributed by atoms with van der Waals surface area (Å²) in [6, 6.07) is 3.13. The standard InChI is InChI=1S/C12H20N4O2/c1-9-5-6-10(16(17)18)11(14-9)15(4)8-12(2,3)7-13/h5-6H,7-8,13H2,1-4H3. The highest BCUT2D eigenvalue weighted by Crippen LogP contribution is 2.27. The zero-order chi connectivity index (χ0) is 13.9. The van der Waals surface area contributed by atoms with Crippen LogP contribution in [0.5, 0.6) is 0 Å². The number of hydrogen-bond acceptors (Lipinski definition) is 5. The van der Waals surface area contributed by atoms with Crippen molar-refractivity contribution in [3.63, 3.8) is 0 Å². The van der Waals surface area contributed by atoms with Crippen molar-refractivity contribution in [3.8, 4) is 0 Å². The Bertz CT molecular complexity index is 446. The molecular formula is C12H20N4O2. The Morgan fingerprint density at radius 1 is 1.50 bits per heavy atom. The molecule has 0 aliphatic heterocycles. The Hall–Kier alpha value is -1.69. The molecule has 0 aliphatic carbocycles. The number of rotatable bonds is 5. The Balaban J connectivity index is 3.07. The summed E-state index contributed by atoms with van der Waals surface area (Å²) in [6.07, 6.45) is 0. The molecule has 1 aromatic rings. The van der Waals surface area contributed by atoms with Crippen LogP contribution in [0.15, 0.2) is 12.1 Å². The molecule has 1 rings (SSSR count). The van der Waals surface area contributed by atoms with Crippen molar-refractivity contribution >= 4 is 11.5 Å². The highest BCUT2D eigenvalue weighted by atomic mass is 16.6. The average molecular weight is 252 g/mol. The van der Waals surface area contributed by atoms with Crippen molar-refractivity contribution in [2.45, 2.75) is 20.8 Å².